The van der Waals surface area contributed by atoms with Crippen LogP contribution in [0.1, 0.15) is 41.7 Å². The highest BCUT2D eigenvalue weighted by Crippen LogP contribution is 2.44. The lowest BCUT2D eigenvalue weighted by molar-refractivity contribution is -0.134. The fourth-order valence-electron chi connectivity index (χ4n) is 4.58. The predicted octanol–water partition coefficient (Wildman–Crippen LogP) is 3.04. The Morgan fingerprint density at radius 3 is 2.68 bits per heavy atom. The van der Waals surface area contributed by atoms with Crippen LogP contribution in [0, 0.1) is 0 Å². The monoisotopic (exact) mass is 419 g/mol. The molecule has 0 aliphatic carbocycles. The highest BCUT2D eigenvalue weighted by atomic mass is 16.5. The summed E-state index contributed by atoms with van der Waals surface area (Å²) in [5.41, 5.74) is 0.243. The first-order valence-corrected chi connectivity index (χ1v) is 10.2. The molecule has 4 rings (SSSR count). The average Bonchev–Trinajstić information content (AvgIpc) is 3.14. The maximum atomic E-state index is 13.8. The van der Waals surface area contributed by atoms with Crippen molar-refractivity contribution in [3.8, 4) is 5.75 Å². The van der Waals surface area contributed by atoms with Crippen LogP contribution in [0.4, 0.5) is 5.69 Å². The van der Waals surface area contributed by atoms with E-state index in [1.165, 1.54) is 9.80 Å². The van der Waals surface area contributed by atoms with Crippen LogP contribution in [0.25, 0.3) is 0 Å². The third-order valence-electron chi connectivity index (χ3n) is 6.00. The highest BCUT2D eigenvalue weighted by molar-refractivity contribution is 6.16. The lowest BCUT2D eigenvalue weighted by atomic mass is 9.94. The largest absolute Gasteiger partial charge is 0.496 e. The molecule has 2 heterocycles. The molecule has 2 aromatic carbocycles. The number of rotatable bonds is 6. The van der Waals surface area contributed by atoms with Crippen molar-refractivity contribution in [2.75, 3.05) is 18.6 Å². The number of anilines is 1. The predicted molar refractivity (Wildman–Crippen MR) is 117 cm³/mol. The van der Waals surface area contributed by atoms with Gasteiger partial charge in [0.1, 0.15) is 5.75 Å². The number of amides is 3. The summed E-state index contributed by atoms with van der Waals surface area (Å²) in [5.74, 6) is -0.225. The molecule has 1 fully saturated rings. The van der Waals surface area contributed by atoms with E-state index in [0.29, 0.717) is 17.0 Å². The van der Waals surface area contributed by atoms with Gasteiger partial charge in [-0.1, -0.05) is 36.4 Å². The number of nitrogens with zero attached hydrogens (tertiary/aromatic N) is 2. The Morgan fingerprint density at radius 2 is 1.94 bits per heavy atom. The number of para-hydroxylation sites is 2. The van der Waals surface area contributed by atoms with Crippen LogP contribution in [0.5, 0.6) is 5.75 Å². The van der Waals surface area contributed by atoms with Crippen LogP contribution < -0.4 is 15.0 Å². The van der Waals surface area contributed by atoms with Crippen LogP contribution in [-0.2, 0) is 9.59 Å². The lowest BCUT2D eigenvalue weighted by Gasteiger charge is -2.49. The van der Waals surface area contributed by atoms with Gasteiger partial charge in [0.2, 0.25) is 11.6 Å². The summed E-state index contributed by atoms with van der Waals surface area (Å²) in [6.45, 7) is 5.75. The lowest BCUT2D eigenvalue weighted by Crippen LogP contribution is -2.70. The molecule has 160 valence electrons. The number of nitrogens with one attached hydrogen (secondary N) is 1. The van der Waals surface area contributed by atoms with Crippen molar-refractivity contribution >= 4 is 23.4 Å². The summed E-state index contributed by atoms with van der Waals surface area (Å²) in [5, 5.41) is 3.02. The van der Waals surface area contributed by atoms with Crippen molar-refractivity contribution in [3.63, 3.8) is 0 Å². The van der Waals surface area contributed by atoms with Crippen LogP contribution >= 0.6 is 0 Å². The van der Waals surface area contributed by atoms with Gasteiger partial charge in [0, 0.05) is 24.9 Å². The van der Waals surface area contributed by atoms with E-state index >= 15 is 0 Å². The third-order valence-corrected chi connectivity index (χ3v) is 6.00. The number of hydrogen-bond donors (Lipinski definition) is 1. The van der Waals surface area contributed by atoms with E-state index in [-0.39, 0.29) is 31.2 Å². The van der Waals surface area contributed by atoms with E-state index in [1.54, 1.807) is 37.5 Å². The van der Waals surface area contributed by atoms with Crippen LogP contribution in [-0.4, -0.2) is 41.9 Å². The standard InChI is InChI=1S/C24H25N3O4/c1-4-15-26-22(29)18-10-5-7-11-19(18)27-21(28)13-14-24(26,27)23(30)25-16(2)17-9-6-8-12-20(17)31-3/h4-12,16H,1,13-15H2,2-3H3,(H,25,30)/t16-,24+/m1/s1. The molecule has 7 nitrogen and oxygen atoms in total. The first kappa shape index (κ1) is 20.7. The molecule has 31 heavy (non-hydrogen) atoms. The second kappa shape index (κ2) is 7.91. The molecule has 3 amide bonds. The highest BCUT2D eigenvalue weighted by Gasteiger charge is 2.60. The summed E-state index contributed by atoms with van der Waals surface area (Å²) in [6, 6.07) is 13.9. The Bertz CT molecular complexity index is 1070. The number of ether oxygens (including phenoxy) is 1. The minimum absolute atomic E-state index is 0.146. The number of methoxy groups -OCH3 is 1. The van der Waals surface area contributed by atoms with Gasteiger partial charge in [0.25, 0.3) is 11.8 Å². The van der Waals surface area contributed by atoms with Crippen molar-refractivity contribution in [1.82, 2.24) is 10.2 Å². The number of carbonyl (C=O) groups is 3. The third kappa shape index (κ3) is 3.08. The van der Waals surface area contributed by atoms with E-state index < -0.39 is 17.6 Å². The number of hydrogen-bond acceptors (Lipinski definition) is 4. The molecule has 2 aliphatic heterocycles. The molecule has 2 aromatic rings. The number of benzene rings is 2. The number of fused-ring (bicyclic) bond motifs is 3. The SMILES string of the molecule is C=CCN1C(=O)c2ccccc2N2C(=O)CC[C@]12C(=O)N[C@H](C)c1ccccc1OC. The smallest absolute Gasteiger partial charge is 0.267 e. The van der Waals surface area contributed by atoms with Gasteiger partial charge >= 0.3 is 0 Å². The zero-order valence-corrected chi connectivity index (χ0v) is 17.6. The molecule has 2 aliphatic rings. The molecule has 1 saturated heterocycles. The van der Waals surface area contributed by atoms with Crippen molar-refractivity contribution in [3.05, 3.63) is 72.3 Å². The fraction of sp³-hybridized carbons (Fsp3) is 0.292. The zero-order chi connectivity index (χ0) is 22.2. The number of carbonyl (C=O) groups excluding carboxylic acids is 3. The van der Waals surface area contributed by atoms with Crippen molar-refractivity contribution in [1.29, 1.82) is 0 Å². The minimum atomic E-state index is -1.44. The summed E-state index contributed by atoms with van der Waals surface area (Å²) >= 11 is 0. The van der Waals surface area contributed by atoms with Gasteiger partial charge in [-0.25, -0.2) is 0 Å². The van der Waals surface area contributed by atoms with Crippen LogP contribution in [0.2, 0.25) is 0 Å². The Labute approximate surface area is 181 Å². The molecule has 7 heteroatoms. The molecule has 0 bridgehead atoms. The molecule has 0 radical (unpaired) electrons. The Balaban J connectivity index is 1.78. The first-order valence-electron chi connectivity index (χ1n) is 10.2. The van der Waals surface area contributed by atoms with E-state index in [4.69, 9.17) is 4.74 Å². The normalized spacial score (nSPS) is 20.7. The molecule has 0 unspecified atom stereocenters. The maximum Gasteiger partial charge on any atom is 0.267 e. The first-order chi connectivity index (χ1) is 15.0. The molecular formula is C24H25N3O4. The Kier molecular flexibility index (Phi) is 5.27. The van der Waals surface area contributed by atoms with Crippen molar-refractivity contribution in [2.45, 2.75) is 31.5 Å². The molecule has 0 spiro atoms. The molecule has 0 saturated carbocycles. The van der Waals surface area contributed by atoms with Gasteiger partial charge in [-0.15, -0.1) is 6.58 Å². The molecule has 0 aromatic heterocycles. The molecular weight excluding hydrogens is 394 g/mol. The quantitative estimate of drug-likeness (QED) is 0.730. The van der Waals surface area contributed by atoms with Gasteiger partial charge in [0.15, 0.2) is 0 Å². The van der Waals surface area contributed by atoms with E-state index in [0.717, 1.165) is 5.56 Å². The van der Waals surface area contributed by atoms with Crippen LogP contribution in [0.15, 0.2) is 61.2 Å². The molecule has 1 N–H and O–H groups in total. The summed E-state index contributed by atoms with van der Waals surface area (Å²) < 4.78 is 5.43. The Hall–Kier alpha value is -3.61. The summed E-state index contributed by atoms with van der Waals surface area (Å²) in [7, 11) is 1.58. The zero-order valence-electron chi connectivity index (χ0n) is 17.6. The van der Waals surface area contributed by atoms with E-state index in [2.05, 4.69) is 11.9 Å². The summed E-state index contributed by atoms with van der Waals surface area (Å²) in [4.78, 5) is 43.1. The average molecular weight is 419 g/mol. The topological polar surface area (TPSA) is 79.0 Å². The summed E-state index contributed by atoms with van der Waals surface area (Å²) in [6.07, 6.45) is 1.96. The van der Waals surface area contributed by atoms with Gasteiger partial charge in [0.05, 0.1) is 24.4 Å². The van der Waals surface area contributed by atoms with Crippen molar-refractivity contribution < 1.29 is 19.1 Å². The minimum Gasteiger partial charge on any atom is -0.496 e. The van der Waals surface area contributed by atoms with Crippen molar-refractivity contribution in [2.24, 2.45) is 0 Å². The van der Waals surface area contributed by atoms with E-state index in [1.807, 2.05) is 31.2 Å². The second-order valence-electron chi connectivity index (χ2n) is 7.70. The second-order valence-corrected chi connectivity index (χ2v) is 7.70. The molecule has 2 atom stereocenters. The van der Waals surface area contributed by atoms with Gasteiger partial charge in [-0.3, -0.25) is 19.3 Å². The fourth-order valence-corrected chi connectivity index (χ4v) is 4.58. The Morgan fingerprint density at radius 1 is 1.23 bits per heavy atom. The van der Waals surface area contributed by atoms with Gasteiger partial charge < -0.3 is 15.0 Å². The van der Waals surface area contributed by atoms with Crippen LogP contribution in [0.3, 0.4) is 0 Å². The van der Waals surface area contributed by atoms with E-state index in [9.17, 15) is 14.4 Å². The van der Waals surface area contributed by atoms with Gasteiger partial charge in [-0.05, 0) is 25.1 Å². The maximum absolute atomic E-state index is 13.8. The van der Waals surface area contributed by atoms with Gasteiger partial charge in [-0.2, -0.15) is 0 Å².